The minimum Gasteiger partial charge on any atom is -0.481 e. The van der Waals surface area contributed by atoms with Crippen LogP contribution in [-0.4, -0.2) is 15.6 Å². The average molecular weight is 247 g/mol. The molecular weight excluding hydrogens is 233 g/mol. The van der Waals surface area contributed by atoms with Gasteiger partial charge in [-0.15, -0.1) is 0 Å². The Balaban J connectivity index is 2.19. The number of hydrogen-bond acceptors (Lipinski definition) is 1. The first-order valence-corrected chi connectivity index (χ1v) is 6.06. The molecule has 0 saturated carbocycles. The van der Waals surface area contributed by atoms with Crippen molar-refractivity contribution in [3.05, 3.63) is 35.3 Å². The van der Waals surface area contributed by atoms with E-state index in [4.69, 9.17) is 5.11 Å². The predicted molar refractivity (Wildman–Crippen MR) is 66.0 cm³/mol. The summed E-state index contributed by atoms with van der Waals surface area (Å²) in [5.41, 5.74) is 3.13. The molecule has 1 atom stereocenters. The Morgan fingerprint density at radius 3 is 3.00 bits per heavy atom. The maximum absolute atomic E-state index is 13.3. The zero-order valence-electron chi connectivity index (χ0n) is 10.1. The van der Waals surface area contributed by atoms with E-state index < -0.39 is 5.97 Å². The van der Waals surface area contributed by atoms with Gasteiger partial charge in [0.05, 0.1) is 5.92 Å². The molecule has 0 spiro atoms. The highest BCUT2D eigenvalue weighted by Crippen LogP contribution is 2.34. The molecule has 1 aromatic carbocycles. The molecule has 1 N–H and O–H groups in total. The van der Waals surface area contributed by atoms with Crippen molar-refractivity contribution in [3.8, 4) is 0 Å². The fourth-order valence-corrected chi connectivity index (χ4v) is 2.95. The van der Waals surface area contributed by atoms with Gasteiger partial charge in [-0.3, -0.25) is 4.79 Å². The monoisotopic (exact) mass is 247 g/mol. The predicted octanol–water partition coefficient (Wildman–Crippen LogP) is 2.51. The van der Waals surface area contributed by atoms with Crippen LogP contribution in [0.15, 0.2) is 18.2 Å². The molecule has 0 fully saturated rings. The molecule has 3 nitrogen and oxygen atoms in total. The Kier molecular flexibility index (Phi) is 2.40. The van der Waals surface area contributed by atoms with Crippen LogP contribution in [0.25, 0.3) is 10.9 Å². The van der Waals surface area contributed by atoms with Crippen LogP contribution in [0.4, 0.5) is 4.39 Å². The molecule has 94 valence electrons. The van der Waals surface area contributed by atoms with E-state index in [-0.39, 0.29) is 11.7 Å². The summed E-state index contributed by atoms with van der Waals surface area (Å²) in [7, 11) is 1.92. The van der Waals surface area contributed by atoms with Crippen molar-refractivity contribution in [2.24, 2.45) is 13.0 Å². The summed E-state index contributed by atoms with van der Waals surface area (Å²) < 4.78 is 15.3. The molecular formula is C14H14FNO2. The SMILES string of the molecule is Cn1c2c(c3cc(F)ccc31)CCC(C(=O)O)C2. The lowest BCUT2D eigenvalue weighted by Gasteiger charge is -2.20. The third-order valence-corrected chi connectivity index (χ3v) is 3.93. The zero-order valence-corrected chi connectivity index (χ0v) is 10.1. The number of aryl methyl sites for hydroxylation is 2. The van der Waals surface area contributed by atoms with Crippen LogP contribution < -0.4 is 0 Å². The van der Waals surface area contributed by atoms with Crippen molar-refractivity contribution in [3.63, 3.8) is 0 Å². The number of carboxylic acids is 1. The lowest BCUT2D eigenvalue weighted by molar-refractivity contribution is -0.142. The van der Waals surface area contributed by atoms with Gasteiger partial charge in [0.2, 0.25) is 0 Å². The van der Waals surface area contributed by atoms with Crippen LogP contribution >= 0.6 is 0 Å². The Bertz CT molecular complexity index is 645. The summed E-state index contributed by atoms with van der Waals surface area (Å²) in [6, 6.07) is 4.76. The molecule has 0 saturated heterocycles. The molecule has 4 heteroatoms. The number of carboxylic acid groups (broad SMARTS) is 1. The van der Waals surface area contributed by atoms with E-state index in [0.29, 0.717) is 19.3 Å². The molecule has 18 heavy (non-hydrogen) atoms. The second kappa shape index (κ2) is 3.83. The summed E-state index contributed by atoms with van der Waals surface area (Å²) >= 11 is 0. The minimum absolute atomic E-state index is 0.240. The fourth-order valence-electron chi connectivity index (χ4n) is 2.95. The molecule has 1 aliphatic carbocycles. The first-order valence-electron chi connectivity index (χ1n) is 6.06. The largest absolute Gasteiger partial charge is 0.481 e. The molecule has 2 aromatic rings. The van der Waals surface area contributed by atoms with Gasteiger partial charge in [-0.25, -0.2) is 4.39 Å². The maximum Gasteiger partial charge on any atom is 0.306 e. The lowest BCUT2D eigenvalue weighted by atomic mass is 9.87. The number of rotatable bonds is 1. The third-order valence-electron chi connectivity index (χ3n) is 3.93. The smallest absolute Gasteiger partial charge is 0.306 e. The van der Waals surface area contributed by atoms with E-state index in [0.717, 1.165) is 22.2 Å². The quantitative estimate of drug-likeness (QED) is 0.841. The fraction of sp³-hybridized carbons (Fsp3) is 0.357. The van der Waals surface area contributed by atoms with Crippen molar-refractivity contribution in [2.45, 2.75) is 19.3 Å². The van der Waals surface area contributed by atoms with Crippen molar-refractivity contribution < 1.29 is 14.3 Å². The highest BCUT2D eigenvalue weighted by molar-refractivity contribution is 5.86. The van der Waals surface area contributed by atoms with Gasteiger partial charge in [-0.2, -0.15) is 0 Å². The van der Waals surface area contributed by atoms with Crippen molar-refractivity contribution in [2.75, 3.05) is 0 Å². The highest BCUT2D eigenvalue weighted by Gasteiger charge is 2.28. The normalized spacial score (nSPS) is 18.9. The van der Waals surface area contributed by atoms with Gasteiger partial charge >= 0.3 is 5.97 Å². The second-order valence-electron chi connectivity index (χ2n) is 4.92. The molecule has 0 amide bonds. The summed E-state index contributed by atoms with van der Waals surface area (Å²) in [5.74, 6) is -1.29. The Hall–Kier alpha value is -1.84. The number of aliphatic carboxylic acids is 1. The van der Waals surface area contributed by atoms with Crippen molar-refractivity contribution >= 4 is 16.9 Å². The van der Waals surface area contributed by atoms with Crippen LogP contribution in [0, 0.1) is 11.7 Å². The van der Waals surface area contributed by atoms with E-state index in [2.05, 4.69) is 0 Å². The zero-order chi connectivity index (χ0) is 12.9. The molecule has 0 radical (unpaired) electrons. The number of hydrogen-bond donors (Lipinski definition) is 1. The molecule has 1 heterocycles. The molecule has 1 aromatic heterocycles. The third kappa shape index (κ3) is 1.52. The van der Waals surface area contributed by atoms with Gasteiger partial charge in [-0.1, -0.05) is 0 Å². The van der Waals surface area contributed by atoms with Crippen LogP contribution in [0.5, 0.6) is 0 Å². The van der Waals surface area contributed by atoms with Gasteiger partial charge in [0.25, 0.3) is 0 Å². The Morgan fingerprint density at radius 2 is 2.28 bits per heavy atom. The number of nitrogens with zero attached hydrogens (tertiary/aromatic N) is 1. The topological polar surface area (TPSA) is 42.2 Å². The number of aromatic nitrogens is 1. The molecule has 0 aliphatic heterocycles. The first-order chi connectivity index (χ1) is 8.58. The van der Waals surface area contributed by atoms with Crippen LogP contribution in [0.3, 0.4) is 0 Å². The molecule has 1 unspecified atom stereocenters. The van der Waals surface area contributed by atoms with Crippen LogP contribution in [-0.2, 0) is 24.7 Å². The molecule has 0 bridgehead atoms. The number of halogens is 1. The van der Waals surface area contributed by atoms with E-state index >= 15 is 0 Å². The van der Waals surface area contributed by atoms with Crippen molar-refractivity contribution in [1.82, 2.24) is 4.57 Å². The van der Waals surface area contributed by atoms with Gasteiger partial charge in [0, 0.05) is 30.1 Å². The Labute approximate surface area is 104 Å². The number of carbonyl (C=O) groups is 1. The highest BCUT2D eigenvalue weighted by atomic mass is 19.1. The standard InChI is InChI=1S/C14H14FNO2/c1-16-12-5-3-9(15)7-11(12)10-4-2-8(14(17)18)6-13(10)16/h3,5,7-8H,2,4,6H2,1H3,(H,17,18). The van der Waals surface area contributed by atoms with E-state index in [1.54, 1.807) is 12.1 Å². The second-order valence-corrected chi connectivity index (χ2v) is 4.92. The summed E-state index contributed by atoms with van der Waals surface area (Å²) in [5, 5.41) is 10.0. The minimum atomic E-state index is -0.739. The summed E-state index contributed by atoms with van der Waals surface area (Å²) in [6.07, 6.45) is 1.89. The van der Waals surface area contributed by atoms with Crippen LogP contribution in [0.1, 0.15) is 17.7 Å². The number of benzene rings is 1. The Morgan fingerprint density at radius 1 is 1.50 bits per heavy atom. The van der Waals surface area contributed by atoms with Gasteiger partial charge < -0.3 is 9.67 Å². The van der Waals surface area contributed by atoms with Crippen LogP contribution in [0.2, 0.25) is 0 Å². The first kappa shape index (κ1) is 11.3. The van der Waals surface area contributed by atoms with Gasteiger partial charge in [0.1, 0.15) is 5.82 Å². The average Bonchev–Trinajstić information content (AvgIpc) is 2.62. The van der Waals surface area contributed by atoms with E-state index in [1.165, 1.54) is 6.07 Å². The number of fused-ring (bicyclic) bond motifs is 3. The molecule has 3 rings (SSSR count). The van der Waals surface area contributed by atoms with E-state index in [1.807, 2.05) is 11.6 Å². The van der Waals surface area contributed by atoms with E-state index in [9.17, 15) is 9.18 Å². The summed E-state index contributed by atoms with van der Waals surface area (Å²) in [4.78, 5) is 11.1. The summed E-state index contributed by atoms with van der Waals surface area (Å²) in [6.45, 7) is 0. The van der Waals surface area contributed by atoms with Gasteiger partial charge in [-0.05, 0) is 36.6 Å². The van der Waals surface area contributed by atoms with Crippen molar-refractivity contribution in [1.29, 1.82) is 0 Å². The lowest BCUT2D eigenvalue weighted by Crippen LogP contribution is -2.23. The molecule has 1 aliphatic rings. The van der Waals surface area contributed by atoms with Gasteiger partial charge in [0.15, 0.2) is 0 Å². The maximum atomic E-state index is 13.3.